The van der Waals surface area contributed by atoms with Crippen LogP contribution < -0.4 is 9.75 Å². The van der Waals surface area contributed by atoms with Gasteiger partial charge in [-0.2, -0.15) is 14.0 Å². The van der Waals surface area contributed by atoms with E-state index in [0.29, 0.717) is 16.8 Å². The monoisotopic (exact) mass is 453 g/mol. The van der Waals surface area contributed by atoms with Crippen LogP contribution >= 0.6 is 0 Å². The highest BCUT2D eigenvalue weighted by atomic mass is 19.2. The minimum atomic E-state index is -1.64. The van der Waals surface area contributed by atoms with Crippen molar-refractivity contribution in [2.45, 2.75) is 13.2 Å². The lowest BCUT2D eigenvalue weighted by Gasteiger charge is -2.26. The molecule has 0 unspecified atom stereocenters. The van der Waals surface area contributed by atoms with Crippen LogP contribution in [0.3, 0.4) is 0 Å². The quantitative estimate of drug-likeness (QED) is 0.298. The van der Waals surface area contributed by atoms with Crippen LogP contribution in [0.15, 0.2) is 67.3 Å². The normalized spacial score (nSPS) is 10.6. The van der Waals surface area contributed by atoms with Crippen molar-refractivity contribution in [2.75, 3.05) is 5.01 Å². The number of nitriles is 1. The number of nitrogens with zero attached hydrogens (tertiary/aromatic N) is 5. The van der Waals surface area contributed by atoms with Crippen LogP contribution in [0.5, 0.6) is 5.75 Å². The van der Waals surface area contributed by atoms with E-state index in [9.17, 15) is 17.6 Å². The first-order valence-electron chi connectivity index (χ1n) is 9.63. The predicted molar refractivity (Wildman–Crippen MR) is 110 cm³/mol. The molecular weight excluding hydrogens is 438 g/mol. The zero-order valence-electron chi connectivity index (χ0n) is 16.9. The first kappa shape index (κ1) is 21.8. The van der Waals surface area contributed by atoms with Gasteiger partial charge in [-0.05, 0) is 29.8 Å². The molecule has 33 heavy (non-hydrogen) atoms. The molecule has 4 rings (SSSR count). The molecule has 3 aromatic carbocycles. The van der Waals surface area contributed by atoms with E-state index in [1.54, 1.807) is 30.3 Å². The summed E-state index contributed by atoms with van der Waals surface area (Å²) in [6.07, 6.45) is 2.50. The lowest BCUT2D eigenvalue weighted by molar-refractivity contribution is 0.260. The first-order valence-corrected chi connectivity index (χ1v) is 9.63. The summed E-state index contributed by atoms with van der Waals surface area (Å²) in [5.74, 6) is -7.56. The fraction of sp³-hybridized carbons (Fsp3) is 0.0870. The standard InChI is InChI=1S/C23H15F4N5O/c24-19-18(11-32(31-13-29-30-14-31)17-8-6-15(10-28)7-9-17)20(25)22(27)23(21(19)26)33-12-16-4-2-1-3-5-16/h1-9,13-14H,11-12H2. The van der Waals surface area contributed by atoms with Crippen LogP contribution in [0.2, 0.25) is 0 Å². The van der Waals surface area contributed by atoms with Crippen molar-refractivity contribution in [3.8, 4) is 11.8 Å². The van der Waals surface area contributed by atoms with Gasteiger partial charge in [0.2, 0.25) is 11.6 Å². The molecular formula is C23H15F4N5O. The molecule has 0 amide bonds. The third kappa shape index (κ3) is 4.48. The Morgan fingerprint density at radius 2 is 1.45 bits per heavy atom. The molecule has 1 aromatic heterocycles. The number of ether oxygens (including phenoxy) is 1. The van der Waals surface area contributed by atoms with Gasteiger partial charge in [0, 0.05) is 0 Å². The van der Waals surface area contributed by atoms with E-state index in [2.05, 4.69) is 10.2 Å². The number of hydrogen-bond acceptors (Lipinski definition) is 5. The number of benzene rings is 3. The van der Waals surface area contributed by atoms with Gasteiger partial charge in [0.05, 0.1) is 29.4 Å². The Morgan fingerprint density at radius 3 is 2.03 bits per heavy atom. The Morgan fingerprint density at radius 1 is 0.848 bits per heavy atom. The lowest BCUT2D eigenvalue weighted by Crippen LogP contribution is -2.29. The van der Waals surface area contributed by atoms with Gasteiger partial charge in [-0.3, -0.25) is 5.01 Å². The second kappa shape index (κ2) is 9.40. The van der Waals surface area contributed by atoms with Crippen molar-refractivity contribution in [3.05, 3.63) is 107 Å². The van der Waals surface area contributed by atoms with E-state index in [0.717, 1.165) is 0 Å². The Hall–Kier alpha value is -4.39. The van der Waals surface area contributed by atoms with Crippen molar-refractivity contribution in [1.29, 1.82) is 5.26 Å². The largest absolute Gasteiger partial charge is 0.483 e. The lowest BCUT2D eigenvalue weighted by atomic mass is 10.1. The first-order chi connectivity index (χ1) is 16.0. The van der Waals surface area contributed by atoms with Crippen molar-refractivity contribution >= 4 is 5.69 Å². The number of hydrogen-bond donors (Lipinski definition) is 0. The number of aromatic nitrogens is 3. The molecule has 0 radical (unpaired) electrons. The third-order valence-electron chi connectivity index (χ3n) is 4.83. The predicted octanol–water partition coefficient (Wildman–Crippen LogP) is 4.76. The van der Waals surface area contributed by atoms with Gasteiger partial charge in [0.1, 0.15) is 19.3 Å². The van der Waals surface area contributed by atoms with Crippen LogP contribution in [-0.2, 0) is 13.2 Å². The van der Waals surface area contributed by atoms with E-state index in [4.69, 9.17) is 10.00 Å². The molecule has 166 valence electrons. The summed E-state index contributed by atoms with van der Waals surface area (Å²) in [4.78, 5) is 0. The molecule has 10 heteroatoms. The number of anilines is 1. The average Bonchev–Trinajstić information content (AvgIpc) is 3.38. The van der Waals surface area contributed by atoms with Crippen molar-refractivity contribution in [3.63, 3.8) is 0 Å². The number of halogens is 4. The van der Waals surface area contributed by atoms with Gasteiger partial charge in [-0.25, -0.2) is 13.5 Å². The molecule has 0 aliphatic rings. The van der Waals surface area contributed by atoms with E-state index in [1.807, 2.05) is 6.07 Å². The summed E-state index contributed by atoms with van der Waals surface area (Å²) in [5, 5.41) is 17.6. The van der Waals surface area contributed by atoms with Gasteiger partial charge < -0.3 is 4.74 Å². The Labute approximate surface area is 185 Å². The van der Waals surface area contributed by atoms with Gasteiger partial charge in [-0.1, -0.05) is 30.3 Å². The third-order valence-corrected chi connectivity index (χ3v) is 4.83. The molecule has 0 saturated heterocycles. The molecule has 1 heterocycles. The highest BCUT2D eigenvalue weighted by molar-refractivity contribution is 5.50. The molecule has 0 spiro atoms. The summed E-state index contributed by atoms with van der Waals surface area (Å²) in [6, 6.07) is 16.4. The fourth-order valence-corrected chi connectivity index (χ4v) is 3.14. The van der Waals surface area contributed by atoms with Crippen LogP contribution in [0.1, 0.15) is 16.7 Å². The summed E-state index contributed by atoms with van der Waals surface area (Å²) < 4.78 is 65.5. The summed E-state index contributed by atoms with van der Waals surface area (Å²) in [5.41, 5.74) is 0.450. The second-order valence-electron chi connectivity index (χ2n) is 6.90. The highest BCUT2D eigenvalue weighted by Gasteiger charge is 2.28. The van der Waals surface area contributed by atoms with Gasteiger partial charge in [-0.15, -0.1) is 10.2 Å². The molecule has 0 aliphatic carbocycles. The highest BCUT2D eigenvalue weighted by Crippen LogP contribution is 2.32. The Kier molecular flexibility index (Phi) is 6.22. The van der Waals surface area contributed by atoms with E-state index in [-0.39, 0.29) is 6.61 Å². The van der Waals surface area contributed by atoms with Crippen LogP contribution in [0.4, 0.5) is 23.2 Å². The molecule has 4 aromatic rings. The smallest absolute Gasteiger partial charge is 0.204 e. The van der Waals surface area contributed by atoms with Gasteiger partial charge >= 0.3 is 0 Å². The average molecular weight is 453 g/mol. The van der Waals surface area contributed by atoms with Crippen molar-refractivity contribution in [1.82, 2.24) is 14.9 Å². The molecule has 0 N–H and O–H groups in total. The van der Waals surface area contributed by atoms with Crippen LogP contribution in [0.25, 0.3) is 0 Å². The van der Waals surface area contributed by atoms with Gasteiger partial charge in [0.15, 0.2) is 17.4 Å². The molecule has 6 nitrogen and oxygen atoms in total. The summed E-state index contributed by atoms with van der Waals surface area (Å²) in [7, 11) is 0. The minimum Gasteiger partial charge on any atom is -0.483 e. The molecule has 0 saturated carbocycles. The molecule has 0 fully saturated rings. The van der Waals surface area contributed by atoms with E-state index in [1.165, 1.54) is 46.6 Å². The van der Waals surface area contributed by atoms with Crippen molar-refractivity contribution in [2.24, 2.45) is 0 Å². The SMILES string of the molecule is N#Cc1ccc(N(Cc2c(F)c(F)c(OCc3ccccc3)c(F)c2F)n2cnnc2)cc1. The van der Waals surface area contributed by atoms with E-state index < -0.39 is 41.1 Å². The minimum absolute atomic E-state index is 0.273. The maximum Gasteiger partial charge on any atom is 0.204 e. The van der Waals surface area contributed by atoms with Crippen molar-refractivity contribution < 1.29 is 22.3 Å². The van der Waals surface area contributed by atoms with Crippen LogP contribution in [0, 0.1) is 34.6 Å². The topological polar surface area (TPSA) is 67.0 Å². The Balaban J connectivity index is 1.69. The fourth-order valence-electron chi connectivity index (χ4n) is 3.14. The maximum atomic E-state index is 14.9. The van der Waals surface area contributed by atoms with Crippen LogP contribution in [-0.4, -0.2) is 14.9 Å². The zero-order chi connectivity index (χ0) is 23.4. The molecule has 0 aliphatic heterocycles. The number of rotatable bonds is 7. The second-order valence-corrected chi connectivity index (χ2v) is 6.90. The Bertz CT molecular complexity index is 1260. The molecule has 0 bridgehead atoms. The van der Waals surface area contributed by atoms with E-state index >= 15 is 0 Å². The van der Waals surface area contributed by atoms with Gasteiger partial charge in [0.25, 0.3) is 0 Å². The molecule has 0 atom stereocenters. The zero-order valence-corrected chi connectivity index (χ0v) is 16.9. The summed E-state index contributed by atoms with van der Waals surface area (Å²) >= 11 is 0. The summed E-state index contributed by atoms with van der Waals surface area (Å²) in [6.45, 7) is -0.876. The maximum absolute atomic E-state index is 14.9.